The molecule has 1 aliphatic heterocycles. The molecule has 2 heterocycles. The van der Waals surface area contributed by atoms with Crippen LogP contribution in [0, 0.1) is 0 Å². The maximum atomic E-state index is 5.52. The van der Waals surface area contributed by atoms with Gasteiger partial charge in [0, 0.05) is 36.3 Å². The summed E-state index contributed by atoms with van der Waals surface area (Å²) in [7, 11) is 6.63. The number of anilines is 2. The highest BCUT2D eigenvalue weighted by Gasteiger charge is 2.19. The van der Waals surface area contributed by atoms with E-state index < -0.39 is 0 Å². The normalized spacial score (nSPS) is 12.9. The Morgan fingerprint density at radius 2 is 1.42 bits per heavy atom. The lowest BCUT2D eigenvalue weighted by Crippen LogP contribution is -2.32. The molecule has 4 aromatic carbocycles. The lowest BCUT2D eigenvalue weighted by atomic mass is 9.98. The summed E-state index contributed by atoms with van der Waals surface area (Å²) in [5, 5.41) is 4.49. The third-order valence-corrected chi connectivity index (χ3v) is 7.98. The minimum atomic E-state index is 0.609. The zero-order valence-corrected chi connectivity index (χ0v) is 25.0. The van der Waals surface area contributed by atoms with Gasteiger partial charge in [0.1, 0.15) is 5.82 Å². The first-order valence-corrected chi connectivity index (χ1v) is 14.4. The van der Waals surface area contributed by atoms with E-state index in [2.05, 4.69) is 46.6 Å². The van der Waals surface area contributed by atoms with Crippen LogP contribution in [0.3, 0.4) is 0 Å². The van der Waals surface area contributed by atoms with Gasteiger partial charge in [0.15, 0.2) is 28.8 Å². The number of benzene rings is 4. The summed E-state index contributed by atoms with van der Waals surface area (Å²) < 4.78 is 21.9. The third kappa shape index (κ3) is 6.05. The first kappa shape index (κ1) is 28.3. The molecule has 220 valence electrons. The molecule has 0 radical (unpaired) electrons. The van der Waals surface area contributed by atoms with Crippen LogP contribution in [-0.2, 0) is 19.4 Å². The fourth-order valence-electron chi connectivity index (χ4n) is 5.59. The van der Waals surface area contributed by atoms with Gasteiger partial charge in [0.25, 0.3) is 0 Å². The summed E-state index contributed by atoms with van der Waals surface area (Å²) in [6, 6.07) is 26.6. The molecule has 0 aliphatic carbocycles. The van der Waals surface area contributed by atoms with Gasteiger partial charge in [-0.05, 0) is 84.1 Å². The van der Waals surface area contributed by atoms with Crippen LogP contribution in [0.2, 0.25) is 0 Å². The highest BCUT2D eigenvalue weighted by Crippen LogP contribution is 2.35. The summed E-state index contributed by atoms with van der Waals surface area (Å²) in [4.78, 5) is 12.2. The molecule has 6 rings (SSSR count). The van der Waals surface area contributed by atoms with Crippen LogP contribution in [0.25, 0.3) is 22.3 Å². The standard InChI is InChI=1S/C35H36N4O4/c1-40-30-14-11-25(20-31(30)41-2)34-37-29-8-6-5-7-28(29)35(38-34)36-27-12-9-23(10-13-27)15-17-39-18-16-24-19-32(42-3)33(43-4)21-26(24)22-39/h5-14,19-21H,15-18,22H2,1-4H3,(H,36,37,38). The molecule has 0 fully saturated rings. The van der Waals surface area contributed by atoms with Crippen LogP contribution in [0.1, 0.15) is 16.7 Å². The lowest BCUT2D eigenvalue weighted by Gasteiger charge is -2.29. The minimum absolute atomic E-state index is 0.609. The van der Waals surface area contributed by atoms with E-state index in [4.69, 9.17) is 28.9 Å². The molecule has 1 N–H and O–H groups in total. The number of methoxy groups -OCH3 is 4. The summed E-state index contributed by atoms with van der Waals surface area (Å²) in [6.45, 7) is 2.94. The lowest BCUT2D eigenvalue weighted by molar-refractivity contribution is 0.255. The van der Waals surface area contributed by atoms with E-state index in [9.17, 15) is 0 Å². The highest BCUT2D eigenvalue weighted by atomic mass is 16.5. The van der Waals surface area contributed by atoms with Crippen molar-refractivity contribution in [1.82, 2.24) is 14.9 Å². The van der Waals surface area contributed by atoms with Crippen LogP contribution in [0.5, 0.6) is 23.0 Å². The van der Waals surface area contributed by atoms with Crippen LogP contribution >= 0.6 is 0 Å². The summed E-state index contributed by atoms with van der Waals surface area (Å²) >= 11 is 0. The number of hydrogen-bond donors (Lipinski definition) is 1. The predicted octanol–water partition coefficient (Wildman–Crippen LogP) is 6.68. The van der Waals surface area contributed by atoms with Crippen molar-refractivity contribution in [3.05, 3.63) is 95.6 Å². The van der Waals surface area contributed by atoms with Crippen molar-refractivity contribution in [2.45, 2.75) is 19.4 Å². The van der Waals surface area contributed by atoms with Crippen molar-refractivity contribution >= 4 is 22.4 Å². The summed E-state index contributed by atoms with van der Waals surface area (Å²) in [5.41, 5.74) is 6.63. The number of aromatic nitrogens is 2. The molecule has 5 aromatic rings. The average Bonchev–Trinajstić information content (AvgIpc) is 3.06. The molecular formula is C35H36N4O4. The monoisotopic (exact) mass is 576 g/mol. The van der Waals surface area contributed by atoms with Crippen molar-refractivity contribution in [2.75, 3.05) is 46.8 Å². The Morgan fingerprint density at radius 1 is 0.721 bits per heavy atom. The molecule has 0 saturated carbocycles. The van der Waals surface area contributed by atoms with E-state index in [1.165, 1.54) is 16.7 Å². The van der Waals surface area contributed by atoms with Gasteiger partial charge in [-0.3, -0.25) is 4.90 Å². The molecule has 0 bridgehead atoms. The van der Waals surface area contributed by atoms with Gasteiger partial charge in [-0.2, -0.15) is 0 Å². The molecule has 0 atom stereocenters. The number of rotatable bonds is 10. The van der Waals surface area contributed by atoms with Gasteiger partial charge in [0.2, 0.25) is 0 Å². The maximum Gasteiger partial charge on any atom is 0.162 e. The van der Waals surface area contributed by atoms with E-state index in [0.29, 0.717) is 17.3 Å². The zero-order valence-electron chi connectivity index (χ0n) is 25.0. The number of ether oxygens (including phenoxy) is 4. The van der Waals surface area contributed by atoms with Gasteiger partial charge in [-0.25, -0.2) is 9.97 Å². The van der Waals surface area contributed by atoms with Crippen LogP contribution < -0.4 is 24.3 Å². The van der Waals surface area contributed by atoms with Gasteiger partial charge in [0.05, 0.1) is 34.0 Å². The Morgan fingerprint density at radius 3 is 2.16 bits per heavy atom. The minimum Gasteiger partial charge on any atom is -0.493 e. The second-order valence-electron chi connectivity index (χ2n) is 10.6. The number of nitrogens with one attached hydrogen (secondary N) is 1. The van der Waals surface area contributed by atoms with E-state index in [-0.39, 0.29) is 0 Å². The van der Waals surface area contributed by atoms with Crippen molar-refractivity contribution in [2.24, 2.45) is 0 Å². The fourth-order valence-corrected chi connectivity index (χ4v) is 5.59. The topological polar surface area (TPSA) is 78.0 Å². The highest BCUT2D eigenvalue weighted by molar-refractivity contribution is 5.92. The second kappa shape index (κ2) is 12.6. The predicted molar refractivity (Wildman–Crippen MR) is 170 cm³/mol. The van der Waals surface area contributed by atoms with Crippen LogP contribution in [0.15, 0.2) is 78.9 Å². The first-order chi connectivity index (χ1) is 21.1. The van der Waals surface area contributed by atoms with Crippen molar-refractivity contribution < 1.29 is 18.9 Å². The van der Waals surface area contributed by atoms with Gasteiger partial charge in [-0.15, -0.1) is 0 Å². The largest absolute Gasteiger partial charge is 0.493 e. The van der Waals surface area contributed by atoms with E-state index >= 15 is 0 Å². The molecule has 0 spiro atoms. The van der Waals surface area contributed by atoms with E-state index in [1.54, 1.807) is 28.4 Å². The van der Waals surface area contributed by atoms with E-state index in [0.717, 1.165) is 71.9 Å². The number of para-hydroxylation sites is 1. The van der Waals surface area contributed by atoms with Gasteiger partial charge < -0.3 is 24.3 Å². The van der Waals surface area contributed by atoms with Crippen molar-refractivity contribution in [3.8, 4) is 34.4 Å². The summed E-state index contributed by atoms with van der Waals surface area (Å²) in [5.74, 6) is 4.25. The molecule has 43 heavy (non-hydrogen) atoms. The first-order valence-electron chi connectivity index (χ1n) is 14.4. The number of nitrogens with zero attached hydrogens (tertiary/aromatic N) is 3. The van der Waals surface area contributed by atoms with Gasteiger partial charge in [-0.1, -0.05) is 24.3 Å². The molecule has 8 heteroatoms. The Hall–Kier alpha value is -4.82. The molecule has 0 saturated heterocycles. The fraction of sp³-hybridized carbons (Fsp3) is 0.257. The Bertz CT molecular complexity index is 1740. The molecular weight excluding hydrogens is 540 g/mol. The summed E-state index contributed by atoms with van der Waals surface area (Å²) in [6.07, 6.45) is 1.99. The number of fused-ring (bicyclic) bond motifs is 2. The van der Waals surface area contributed by atoms with Crippen molar-refractivity contribution in [3.63, 3.8) is 0 Å². The molecule has 1 aromatic heterocycles. The molecule has 8 nitrogen and oxygen atoms in total. The van der Waals surface area contributed by atoms with Crippen LogP contribution in [0.4, 0.5) is 11.5 Å². The number of hydrogen-bond acceptors (Lipinski definition) is 8. The maximum absolute atomic E-state index is 5.52. The molecule has 1 aliphatic rings. The van der Waals surface area contributed by atoms with Gasteiger partial charge >= 0.3 is 0 Å². The SMILES string of the molecule is COc1ccc(-c2nc(Nc3ccc(CCN4CCc5cc(OC)c(OC)cc5C4)cc3)c3ccccc3n2)cc1OC. The second-order valence-corrected chi connectivity index (χ2v) is 10.6. The quantitative estimate of drug-likeness (QED) is 0.197. The van der Waals surface area contributed by atoms with Crippen LogP contribution in [-0.4, -0.2) is 56.4 Å². The Balaban J connectivity index is 1.16. The Labute approximate surface area is 252 Å². The third-order valence-electron chi connectivity index (χ3n) is 7.98. The smallest absolute Gasteiger partial charge is 0.162 e. The molecule has 0 amide bonds. The van der Waals surface area contributed by atoms with E-state index in [1.807, 2.05) is 42.5 Å². The Kier molecular flexibility index (Phi) is 8.29. The average molecular weight is 577 g/mol. The zero-order chi connectivity index (χ0) is 29.8. The van der Waals surface area contributed by atoms with Crippen molar-refractivity contribution in [1.29, 1.82) is 0 Å². The molecule has 0 unspecified atom stereocenters.